The molecule has 0 aliphatic heterocycles. The van der Waals surface area contributed by atoms with Crippen LogP contribution < -0.4 is 10.1 Å². The van der Waals surface area contributed by atoms with Crippen molar-refractivity contribution in [3.8, 4) is 11.5 Å². The molecule has 0 fully saturated rings. The van der Waals surface area contributed by atoms with Crippen LogP contribution in [0.5, 0.6) is 11.5 Å². The number of methoxy groups -OCH3 is 1. The van der Waals surface area contributed by atoms with Crippen molar-refractivity contribution in [1.29, 1.82) is 0 Å². The Morgan fingerprint density at radius 2 is 1.86 bits per heavy atom. The van der Waals surface area contributed by atoms with E-state index in [1.165, 1.54) is 19.2 Å². The van der Waals surface area contributed by atoms with Gasteiger partial charge in [0, 0.05) is 20.6 Å². The Morgan fingerprint density at radius 3 is 2.54 bits per heavy atom. The number of ether oxygens (including phenoxy) is 1. The quantitative estimate of drug-likeness (QED) is 0.417. The van der Waals surface area contributed by atoms with Crippen molar-refractivity contribution in [3.63, 3.8) is 0 Å². The zero-order valence-corrected chi connectivity index (χ0v) is 20.4. The number of phenolic OH excluding ortho intramolecular Hbond substituents is 1. The van der Waals surface area contributed by atoms with Crippen LogP contribution in [0.2, 0.25) is 0 Å². The van der Waals surface area contributed by atoms with Crippen LogP contribution in [0, 0.1) is 5.82 Å². The minimum atomic E-state index is -0.343. The SMILES string of the molecule is CNc1cc(/C=C2/C(C)=C(CC(=O)N(C)Cc3ccccc3)c3cc(F)ccc32)cc(OC)c1O. The van der Waals surface area contributed by atoms with Gasteiger partial charge in [-0.25, -0.2) is 4.39 Å². The van der Waals surface area contributed by atoms with E-state index in [0.717, 1.165) is 39.0 Å². The first kappa shape index (κ1) is 24.1. The summed E-state index contributed by atoms with van der Waals surface area (Å²) in [5.74, 6) is -0.000703. The summed E-state index contributed by atoms with van der Waals surface area (Å²) in [7, 11) is 5.01. The molecule has 4 rings (SSSR count). The molecule has 3 aromatic rings. The fourth-order valence-electron chi connectivity index (χ4n) is 4.44. The van der Waals surface area contributed by atoms with Crippen molar-refractivity contribution in [1.82, 2.24) is 4.90 Å². The highest BCUT2D eigenvalue weighted by atomic mass is 19.1. The lowest BCUT2D eigenvalue weighted by Crippen LogP contribution is -2.26. The van der Waals surface area contributed by atoms with Crippen LogP contribution in [0.1, 0.15) is 35.6 Å². The summed E-state index contributed by atoms with van der Waals surface area (Å²) in [5.41, 5.74) is 6.64. The van der Waals surface area contributed by atoms with Gasteiger partial charge in [0.1, 0.15) is 5.82 Å². The van der Waals surface area contributed by atoms with Crippen LogP contribution in [0.4, 0.5) is 10.1 Å². The van der Waals surface area contributed by atoms with Gasteiger partial charge in [0.25, 0.3) is 0 Å². The number of carbonyl (C=O) groups excluding carboxylic acids is 1. The van der Waals surface area contributed by atoms with Crippen molar-refractivity contribution in [2.45, 2.75) is 19.9 Å². The van der Waals surface area contributed by atoms with Gasteiger partial charge in [-0.15, -0.1) is 0 Å². The largest absolute Gasteiger partial charge is 0.503 e. The molecule has 0 saturated heterocycles. The number of nitrogens with zero attached hydrogens (tertiary/aromatic N) is 1. The van der Waals surface area contributed by atoms with Crippen molar-refractivity contribution in [3.05, 3.63) is 94.3 Å². The number of nitrogens with one attached hydrogen (secondary N) is 1. The molecule has 0 aromatic heterocycles. The normalized spacial score (nSPS) is 13.7. The fraction of sp³-hybridized carbons (Fsp3) is 0.207. The minimum Gasteiger partial charge on any atom is -0.503 e. The average Bonchev–Trinajstić information content (AvgIpc) is 3.10. The van der Waals surface area contributed by atoms with Crippen molar-refractivity contribution >= 4 is 28.8 Å². The molecule has 1 aliphatic carbocycles. The summed E-state index contributed by atoms with van der Waals surface area (Å²) in [6.45, 7) is 2.46. The Balaban J connectivity index is 1.71. The van der Waals surface area contributed by atoms with E-state index in [1.807, 2.05) is 49.4 Å². The summed E-state index contributed by atoms with van der Waals surface area (Å²) in [6.07, 6.45) is 2.14. The maximum atomic E-state index is 14.3. The number of rotatable bonds is 7. The third-order valence-electron chi connectivity index (χ3n) is 6.37. The minimum absolute atomic E-state index is 0.0334. The number of carbonyl (C=O) groups is 1. The molecule has 0 unspecified atom stereocenters. The second-order valence-corrected chi connectivity index (χ2v) is 8.63. The molecule has 0 heterocycles. The molecule has 5 nitrogen and oxygen atoms in total. The number of hydrogen-bond acceptors (Lipinski definition) is 4. The molecule has 6 heteroatoms. The van der Waals surface area contributed by atoms with Crippen molar-refractivity contribution in [2.75, 3.05) is 26.5 Å². The fourth-order valence-corrected chi connectivity index (χ4v) is 4.44. The van der Waals surface area contributed by atoms with Gasteiger partial charge in [-0.1, -0.05) is 36.4 Å². The van der Waals surface area contributed by atoms with Crippen LogP contribution in [0.25, 0.3) is 17.2 Å². The molecule has 180 valence electrons. The Labute approximate surface area is 205 Å². The van der Waals surface area contributed by atoms with E-state index in [4.69, 9.17) is 4.74 Å². The number of fused-ring (bicyclic) bond motifs is 1. The van der Waals surface area contributed by atoms with Crippen LogP contribution in [0.15, 0.2) is 66.2 Å². The van der Waals surface area contributed by atoms with E-state index in [0.29, 0.717) is 18.0 Å². The zero-order chi connectivity index (χ0) is 25.1. The molecule has 0 radical (unpaired) electrons. The maximum Gasteiger partial charge on any atom is 0.227 e. The molecule has 1 amide bonds. The predicted molar refractivity (Wildman–Crippen MR) is 139 cm³/mol. The van der Waals surface area contributed by atoms with Crippen molar-refractivity contribution in [2.24, 2.45) is 0 Å². The number of phenols is 1. The molecule has 1 aliphatic rings. The second-order valence-electron chi connectivity index (χ2n) is 8.63. The zero-order valence-electron chi connectivity index (χ0n) is 20.4. The van der Waals surface area contributed by atoms with Gasteiger partial charge in [0.05, 0.1) is 19.2 Å². The smallest absolute Gasteiger partial charge is 0.227 e. The van der Waals surface area contributed by atoms with Crippen LogP contribution in [0.3, 0.4) is 0 Å². The molecular weight excluding hydrogens is 443 g/mol. The van der Waals surface area contributed by atoms with Crippen molar-refractivity contribution < 1.29 is 19.0 Å². The molecule has 0 spiro atoms. The number of amides is 1. The first-order valence-electron chi connectivity index (χ1n) is 11.4. The Kier molecular flexibility index (Phi) is 6.92. The average molecular weight is 473 g/mol. The Hall–Kier alpha value is -4.06. The van der Waals surface area contributed by atoms with E-state index in [9.17, 15) is 14.3 Å². The van der Waals surface area contributed by atoms with Crippen LogP contribution in [-0.2, 0) is 11.3 Å². The van der Waals surface area contributed by atoms with E-state index in [2.05, 4.69) is 5.32 Å². The number of hydrogen-bond donors (Lipinski definition) is 2. The molecule has 35 heavy (non-hydrogen) atoms. The van der Waals surface area contributed by atoms with Gasteiger partial charge in [0.2, 0.25) is 5.91 Å². The third kappa shape index (κ3) is 4.92. The topological polar surface area (TPSA) is 61.8 Å². The number of anilines is 1. The maximum absolute atomic E-state index is 14.3. The number of halogens is 1. The van der Waals surface area contributed by atoms with Gasteiger partial charge in [-0.2, -0.15) is 0 Å². The summed E-state index contributed by atoms with van der Waals surface area (Å²) in [4.78, 5) is 14.8. The van der Waals surface area contributed by atoms with E-state index >= 15 is 0 Å². The standard InChI is InChI=1S/C29H29FN2O3/c1-18-23(12-20-13-26(31-2)29(34)27(14-20)35-4)22-11-10-21(30)15-25(22)24(18)16-28(33)32(3)17-19-8-6-5-7-9-19/h5-15,31,34H,16-17H2,1-4H3/b23-12-. The summed E-state index contributed by atoms with van der Waals surface area (Å²) < 4.78 is 19.6. The number of benzene rings is 3. The Bertz CT molecular complexity index is 1300. The summed E-state index contributed by atoms with van der Waals surface area (Å²) >= 11 is 0. The molecule has 0 atom stereocenters. The monoisotopic (exact) mass is 472 g/mol. The first-order chi connectivity index (χ1) is 16.8. The van der Waals surface area contributed by atoms with E-state index < -0.39 is 0 Å². The summed E-state index contributed by atoms with van der Waals surface area (Å²) in [6, 6.07) is 18.1. The summed E-state index contributed by atoms with van der Waals surface area (Å²) in [5, 5.41) is 13.3. The van der Waals surface area contributed by atoms with Gasteiger partial charge >= 0.3 is 0 Å². The van der Waals surface area contributed by atoms with Gasteiger partial charge in [0.15, 0.2) is 11.5 Å². The molecule has 0 saturated carbocycles. The second kappa shape index (κ2) is 10.1. The van der Waals surface area contributed by atoms with Crippen LogP contribution >= 0.6 is 0 Å². The van der Waals surface area contributed by atoms with Gasteiger partial charge < -0.3 is 20.1 Å². The van der Waals surface area contributed by atoms with Gasteiger partial charge in [-0.05, 0) is 76.2 Å². The Morgan fingerprint density at radius 1 is 1.11 bits per heavy atom. The first-order valence-corrected chi connectivity index (χ1v) is 11.4. The lowest BCUT2D eigenvalue weighted by molar-refractivity contribution is -0.129. The third-order valence-corrected chi connectivity index (χ3v) is 6.37. The molecular formula is C29H29FN2O3. The van der Waals surface area contributed by atoms with E-state index in [-0.39, 0.29) is 23.9 Å². The lowest BCUT2D eigenvalue weighted by atomic mass is 10.00. The van der Waals surface area contributed by atoms with Gasteiger partial charge in [-0.3, -0.25) is 4.79 Å². The molecule has 2 N–H and O–H groups in total. The number of aromatic hydroxyl groups is 1. The van der Waals surface area contributed by atoms with Crippen LogP contribution in [-0.4, -0.2) is 37.1 Å². The highest BCUT2D eigenvalue weighted by molar-refractivity contribution is 6.08. The predicted octanol–water partition coefficient (Wildman–Crippen LogP) is 5.96. The molecule has 0 bridgehead atoms. The molecule has 3 aromatic carbocycles. The van der Waals surface area contributed by atoms with E-state index in [1.54, 1.807) is 31.1 Å². The highest BCUT2D eigenvalue weighted by Gasteiger charge is 2.27. The highest BCUT2D eigenvalue weighted by Crippen LogP contribution is 2.45. The lowest BCUT2D eigenvalue weighted by Gasteiger charge is -2.18. The number of allylic oxidation sites excluding steroid dienone is 2.